The molecule has 1 unspecified atom stereocenters. The molecule has 7 nitrogen and oxygen atoms in total. The highest BCUT2D eigenvalue weighted by molar-refractivity contribution is 5.94. The third-order valence-electron chi connectivity index (χ3n) is 5.27. The summed E-state index contributed by atoms with van der Waals surface area (Å²) in [7, 11) is 0. The lowest BCUT2D eigenvalue weighted by Gasteiger charge is -2.33. The van der Waals surface area contributed by atoms with Crippen molar-refractivity contribution in [2.45, 2.75) is 25.3 Å². The van der Waals surface area contributed by atoms with E-state index >= 15 is 0 Å². The number of halogens is 1. The molecule has 1 atom stereocenters. The SMILES string of the molecule is O=C(NCCCCC(C(=O)NN=Cc1ccc(F)cc1)N1CCOCC1)c1ccccc1. The molecule has 2 amide bonds. The molecule has 32 heavy (non-hydrogen) atoms. The summed E-state index contributed by atoms with van der Waals surface area (Å²) >= 11 is 0. The molecule has 0 spiro atoms. The van der Waals surface area contributed by atoms with Crippen molar-refractivity contribution >= 4 is 18.0 Å². The van der Waals surface area contributed by atoms with Crippen LogP contribution in [0.3, 0.4) is 0 Å². The zero-order valence-corrected chi connectivity index (χ0v) is 18.0. The Morgan fingerprint density at radius 3 is 2.50 bits per heavy atom. The molecule has 1 heterocycles. The molecule has 0 bridgehead atoms. The van der Waals surface area contributed by atoms with E-state index in [4.69, 9.17) is 4.74 Å². The molecule has 0 radical (unpaired) electrons. The number of hydrogen-bond donors (Lipinski definition) is 2. The van der Waals surface area contributed by atoms with Crippen LogP contribution in [0.2, 0.25) is 0 Å². The largest absolute Gasteiger partial charge is 0.379 e. The molecule has 8 heteroatoms. The maximum atomic E-state index is 13.0. The normalized spacial score (nSPS) is 15.4. The van der Waals surface area contributed by atoms with Gasteiger partial charge in [0.1, 0.15) is 5.82 Å². The van der Waals surface area contributed by atoms with E-state index in [1.165, 1.54) is 18.3 Å². The Bertz CT molecular complexity index is 884. The molecule has 2 aromatic carbocycles. The van der Waals surface area contributed by atoms with E-state index in [-0.39, 0.29) is 23.7 Å². The molecule has 0 aromatic heterocycles. The van der Waals surface area contributed by atoms with Gasteiger partial charge in [0.2, 0.25) is 0 Å². The summed E-state index contributed by atoms with van der Waals surface area (Å²) in [5.41, 5.74) is 3.94. The number of hydrogen-bond acceptors (Lipinski definition) is 5. The van der Waals surface area contributed by atoms with Crippen molar-refractivity contribution in [1.29, 1.82) is 0 Å². The second kappa shape index (κ2) is 12.7. The third kappa shape index (κ3) is 7.55. The van der Waals surface area contributed by atoms with Crippen molar-refractivity contribution < 1.29 is 18.7 Å². The Kier molecular flexibility index (Phi) is 9.34. The minimum absolute atomic E-state index is 0.0943. The molecule has 1 saturated heterocycles. The van der Waals surface area contributed by atoms with Crippen LogP contribution in [-0.2, 0) is 9.53 Å². The molecule has 1 fully saturated rings. The Balaban J connectivity index is 1.47. The van der Waals surface area contributed by atoms with E-state index in [2.05, 4.69) is 20.7 Å². The van der Waals surface area contributed by atoms with Crippen LogP contribution in [0.1, 0.15) is 35.2 Å². The summed E-state index contributed by atoms with van der Waals surface area (Å²) in [6.45, 7) is 3.11. The van der Waals surface area contributed by atoms with Gasteiger partial charge in [0.15, 0.2) is 0 Å². The molecule has 3 rings (SSSR count). The van der Waals surface area contributed by atoms with Crippen molar-refractivity contribution in [3.8, 4) is 0 Å². The van der Waals surface area contributed by atoms with Crippen molar-refractivity contribution in [1.82, 2.24) is 15.6 Å². The third-order valence-corrected chi connectivity index (χ3v) is 5.27. The number of unbranched alkanes of at least 4 members (excludes halogenated alkanes) is 1. The van der Waals surface area contributed by atoms with Gasteiger partial charge in [0, 0.05) is 25.2 Å². The monoisotopic (exact) mass is 440 g/mol. The molecule has 170 valence electrons. The number of amides is 2. The number of carbonyl (C=O) groups excluding carboxylic acids is 2. The average Bonchev–Trinajstić information content (AvgIpc) is 2.83. The summed E-state index contributed by atoms with van der Waals surface area (Å²) in [6.07, 6.45) is 3.70. The highest BCUT2D eigenvalue weighted by Gasteiger charge is 2.26. The molecule has 1 aliphatic heterocycles. The van der Waals surface area contributed by atoms with E-state index in [0.29, 0.717) is 50.4 Å². The van der Waals surface area contributed by atoms with Crippen LogP contribution in [-0.4, -0.2) is 61.8 Å². The number of rotatable bonds is 10. The number of morpholine rings is 1. The zero-order valence-electron chi connectivity index (χ0n) is 18.0. The van der Waals surface area contributed by atoms with Crippen LogP contribution in [0.4, 0.5) is 4.39 Å². The van der Waals surface area contributed by atoms with Gasteiger partial charge >= 0.3 is 0 Å². The summed E-state index contributed by atoms with van der Waals surface area (Å²) in [5, 5.41) is 6.94. The van der Waals surface area contributed by atoms with E-state index in [0.717, 1.165) is 12.8 Å². The van der Waals surface area contributed by atoms with Crippen molar-refractivity contribution in [3.63, 3.8) is 0 Å². The first-order chi connectivity index (χ1) is 15.6. The Morgan fingerprint density at radius 2 is 1.78 bits per heavy atom. The van der Waals surface area contributed by atoms with E-state index in [9.17, 15) is 14.0 Å². The lowest BCUT2D eigenvalue weighted by molar-refractivity contribution is -0.128. The van der Waals surface area contributed by atoms with Crippen LogP contribution in [0.5, 0.6) is 0 Å². The fourth-order valence-corrected chi connectivity index (χ4v) is 3.52. The first-order valence-corrected chi connectivity index (χ1v) is 10.9. The lowest BCUT2D eigenvalue weighted by atomic mass is 10.1. The van der Waals surface area contributed by atoms with Gasteiger partial charge in [-0.2, -0.15) is 5.10 Å². The van der Waals surface area contributed by atoms with Crippen LogP contribution in [0.25, 0.3) is 0 Å². The summed E-state index contributed by atoms with van der Waals surface area (Å²) in [6, 6.07) is 14.6. The molecular weight excluding hydrogens is 411 g/mol. The van der Waals surface area contributed by atoms with Gasteiger partial charge in [0.25, 0.3) is 11.8 Å². The first kappa shape index (κ1) is 23.6. The van der Waals surface area contributed by atoms with Crippen LogP contribution in [0.15, 0.2) is 59.7 Å². The molecule has 0 saturated carbocycles. The Morgan fingerprint density at radius 1 is 1.06 bits per heavy atom. The van der Waals surface area contributed by atoms with E-state index in [1.54, 1.807) is 24.3 Å². The molecule has 2 aromatic rings. The van der Waals surface area contributed by atoms with Gasteiger partial charge in [-0.15, -0.1) is 0 Å². The standard InChI is InChI=1S/C24H29FN4O3/c25-21-11-9-19(10-12-21)18-27-28-24(31)22(29-14-16-32-17-15-29)8-4-5-13-26-23(30)20-6-2-1-3-7-20/h1-3,6-7,9-12,18,22H,4-5,8,13-17H2,(H,26,30)(H,28,31). The van der Waals surface area contributed by atoms with Crippen molar-refractivity contribution in [2.24, 2.45) is 5.10 Å². The molecule has 0 aliphatic carbocycles. The first-order valence-electron chi connectivity index (χ1n) is 10.9. The second-order valence-corrected chi connectivity index (χ2v) is 7.57. The van der Waals surface area contributed by atoms with E-state index in [1.807, 2.05) is 18.2 Å². The van der Waals surface area contributed by atoms with Gasteiger partial charge in [-0.3, -0.25) is 14.5 Å². The molecule has 1 aliphatic rings. The lowest BCUT2D eigenvalue weighted by Crippen LogP contribution is -2.50. The highest BCUT2D eigenvalue weighted by atomic mass is 19.1. The number of benzene rings is 2. The number of carbonyl (C=O) groups is 2. The second-order valence-electron chi connectivity index (χ2n) is 7.57. The summed E-state index contributed by atoms with van der Waals surface area (Å²) in [5.74, 6) is -0.597. The summed E-state index contributed by atoms with van der Waals surface area (Å²) < 4.78 is 18.4. The van der Waals surface area contributed by atoms with Crippen LogP contribution < -0.4 is 10.7 Å². The fraction of sp³-hybridized carbons (Fsp3) is 0.375. The Labute approximate surface area is 187 Å². The van der Waals surface area contributed by atoms with Crippen molar-refractivity contribution in [3.05, 3.63) is 71.5 Å². The average molecular weight is 441 g/mol. The minimum atomic E-state index is -0.325. The predicted molar refractivity (Wildman–Crippen MR) is 121 cm³/mol. The number of nitrogens with one attached hydrogen (secondary N) is 2. The number of nitrogens with zero attached hydrogens (tertiary/aromatic N) is 2. The maximum Gasteiger partial charge on any atom is 0.257 e. The van der Waals surface area contributed by atoms with Crippen LogP contribution >= 0.6 is 0 Å². The van der Waals surface area contributed by atoms with Crippen LogP contribution in [0, 0.1) is 5.82 Å². The quantitative estimate of drug-likeness (QED) is 0.338. The van der Waals surface area contributed by atoms with Gasteiger partial charge < -0.3 is 10.1 Å². The minimum Gasteiger partial charge on any atom is -0.379 e. The predicted octanol–water partition coefficient (Wildman–Crippen LogP) is 2.58. The topological polar surface area (TPSA) is 83.0 Å². The van der Waals surface area contributed by atoms with Gasteiger partial charge in [-0.1, -0.05) is 30.3 Å². The van der Waals surface area contributed by atoms with Crippen molar-refractivity contribution in [2.75, 3.05) is 32.8 Å². The fourth-order valence-electron chi connectivity index (χ4n) is 3.52. The number of hydrazone groups is 1. The highest BCUT2D eigenvalue weighted by Crippen LogP contribution is 2.12. The van der Waals surface area contributed by atoms with E-state index < -0.39 is 0 Å². The van der Waals surface area contributed by atoms with Gasteiger partial charge in [0.05, 0.1) is 25.5 Å². The summed E-state index contributed by atoms with van der Waals surface area (Å²) in [4.78, 5) is 27.0. The molecule has 2 N–H and O–H groups in total. The smallest absolute Gasteiger partial charge is 0.257 e. The Hall–Kier alpha value is -3.10. The maximum absolute atomic E-state index is 13.0. The number of ether oxygens (including phenoxy) is 1. The zero-order chi connectivity index (χ0) is 22.6. The van der Waals surface area contributed by atoms with Gasteiger partial charge in [-0.25, -0.2) is 9.82 Å². The van der Waals surface area contributed by atoms with Gasteiger partial charge in [-0.05, 0) is 49.1 Å². The molecular formula is C24H29FN4O3.